The Labute approximate surface area is 157 Å². The summed E-state index contributed by atoms with van der Waals surface area (Å²) in [4.78, 5) is 28.2. The van der Waals surface area contributed by atoms with Crippen molar-refractivity contribution in [2.75, 3.05) is 17.2 Å². The Bertz CT molecular complexity index is 878. The molecule has 0 atom stereocenters. The number of nitrogens with one attached hydrogen (secondary N) is 3. The zero-order chi connectivity index (χ0) is 18.9. The van der Waals surface area contributed by atoms with Gasteiger partial charge in [0, 0.05) is 42.4 Å². The van der Waals surface area contributed by atoms with Crippen LogP contribution in [-0.4, -0.2) is 28.0 Å². The predicted octanol–water partition coefficient (Wildman–Crippen LogP) is 3.35. The number of carbonyl (C=O) groups is 2. The maximum atomic E-state index is 12.2. The minimum absolute atomic E-state index is 0.197. The van der Waals surface area contributed by atoms with Gasteiger partial charge in [0.1, 0.15) is 0 Å². The molecule has 0 radical (unpaired) electrons. The van der Waals surface area contributed by atoms with Crippen LogP contribution >= 0.6 is 0 Å². The summed E-state index contributed by atoms with van der Waals surface area (Å²) in [5.41, 5.74) is 1.79. The Kier molecular flexibility index (Phi) is 6.19. The van der Waals surface area contributed by atoms with E-state index in [-0.39, 0.29) is 11.9 Å². The van der Waals surface area contributed by atoms with Gasteiger partial charge >= 0.3 is 6.03 Å². The Morgan fingerprint density at radius 1 is 0.963 bits per heavy atom. The standard InChI is InChI=1S/C20H21N5O2/c26-19(16-6-2-1-3-7-16)23-17-8-4-9-18(14-17)24-20(27)22-10-5-12-25-13-11-21-15-25/h1-4,6-9,11,13-15H,5,10,12H2,(H,23,26)(H2,22,24,27). The summed E-state index contributed by atoms with van der Waals surface area (Å²) in [5, 5.41) is 8.40. The monoisotopic (exact) mass is 363 g/mol. The van der Waals surface area contributed by atoms with Crippen LogP contribution in [0.15, 0.2) is 73.3 Å². The summed E-state index contributed by atoms with van der Waals surface area (Å²) < 4.78 is 1.96. The van der Waals surface area contributed by atoms with Crippen molar-refractivity contribution < 1.29 is 9.59 Å². The maximum absolute atomic E-state index is 12.2. The molecular formula is C20H21N5O2. The van der Waals surface area contributed by atoms with Crippen molar-refractivity contribution in [1.29, 1.82) is 0 Å². The van der Waals surface area contributed by atoms with E-state index >= 15 is 0 Å². The third-order valence-corrected chi connectivity index (χ3v) is 3.85. The lowest BCUT2D eigenvalue weighted by atomic mass is 10.2. The molecule has 1 aromatic heterocycles. The zero-order valence-corrected chi connectivity index (χ0v) is 14.8. The van der Waals surface area contributed by atoms with Crippen LogP contribution < -0.4 is 16.0 Å². The van der Waals surface area contributed by atoms with Crippen LogP contribution in [0.5, 0.6) is 0 Å². The van der Waals surface area contributed by atoms with Crippen LogP contribution in [0.2, 0.25) is 0 Å². The second kappa shape index (κ2) is 9.19. The van der Waals surface area contributed by atoms with Gasteiger partial charge < -0.3 is 20.5 Å². The van der Waals surface area contributed by atoms with Crippen LogP contribution in [0.3, 0.4) is 0 Å². The smallest absolute Gasteiger partial charge is 0.319 e. The molecule has 3 N–H and O–H groups in total. The van der Waals surface area contributed by atoms with Gasteiger partial charge in [-0.1, -0.05) is 24.3 Å². The molecule has 138 valence electrons. The number of benzene rings is 2. The van der Waals surface area contributed by atoms with Gasteiger partial charge in [-0.2, -0.15) is 0 Å². The molecule has 0 saturated carbocycles. The highest BCUT2D eigenvalue weighted by Gasteiger charge is 2.06. The molecule has 0 fully saturated rings. The molecule has 0 aliphatic heterocycles. The number of imidazole rings is 1. The summed E-state index contributed by atoms with van der Waals surface area (Å²) >= 11 is 0. The Balaban J connectivity index is 1.46. The molecule has 3 amide bonds. The summed E-state index contributed by atoms with van der Waals surface area (Å²) in [7, 11) is 0. The number of nitrogens with zero attached hydrogens (tertiary/aromatic N) is 2. The normalized spacial score (nSPS) is 10.2. The molecule has 0 saturated heterocycles. The highest BCUT2D eigenvalue weighted by Crippen LogP contribution is 2.16. The number of carbonyl (C=O) groups excluding carboxylic acids is 2. The minimum Gasteiger partial charge on any atom is -0.338 e. The van der Waals surface area contributed by atoms with Crippen molar-refractivity contribution in [3.05, 3.63) is 78.9 Å². The third-order valence-electron chi connectivity index (χ3n) is 3.85. The van der Waals surface area contributed by atoms with Crippen LogP contribution in [0.4, 0.5) is 16.2 Å². The van der Waals surface area contributed by atoms with Crippen molar-refractivity contribution in [1.82, 2.24) is 14.9 Å². The van der Waals surface area contributed by atoms with Gasteiger partial charge in [-0.25, -0.2) is 9.78 Å². The first-order valence-corrected chi connectivity index (χ1v) is 8.68. The molecule has 0 unspecified atom stereocenters. The van der Waals surface area contributed by atoms with Crippen molar-refractivity contribution in [2.24, 2.45) is 0 Å². The molecule has 27 heavy (non-hydrogen) atoms. The molecule has 0 aliphatic carbocycles. The van der Waals surface area contributed by atoms with Crippen molar-refractivity contribution in [3.8, 4) is 0 Å². The molecule has 0 spiro atoms. The molecule has 0 aliphatic rings. The van der Waals surface area contributed by atoms with E-state index in [2.05, 4.69) is 20.9 Å². The van der Waals surface area contributed by atoms with Gasteiger partial charge in [-0.05, 0) is 36.8 Å². The van der Waals surface area contributed by atoms with Crippen molar-refractivity contribution in [2.45, 2.75) is 13.0 Å². The first kappa shape index (κ1) is 18.2. The highest BCUT2D eigenvalue weighted by molar-refractivity contribution is 6.04. The van der Waals surface area contributed by atoms with Crippen molar-refractivity contribution >= 4 is 23.3 Å². The van der Waals surface area contributed by atoms with Gasteiger partial charge in [0.15, 0.2) is 0 Å². The molecular weight excluding hydrogens is 342 g/mol. The fraction of sp³-hybridized carbons (Fsp3) is 0.150. The molecule has 7 heteroatoms. The lowest BCUT2D eigenvalue weighted by Crippen LogP contribution is -2.30. The molecule has 3 rings (SSSR count). The SMILES string of the molecule is O=C(NCCCn1ccnc1)Nc1cccc(NC(=O)c2ccccc2)c1. The quantitative estimate of drug-likeness (QED) is 0.563. The van der Waals surface area contributed by atoms with E-state index in [4.69, 9.17) is 0 Å². The first-order valence-electron chi connectivity index (χ1n) is 8.68. The fourth-order valence-electron chi connectivity index (χ4n) is 2.53. The summed E-state index contributed by atoms with van der Waals surface area (Å²) in [5.74, 6) is -0.197. The number of aryl methyl sites for hydroxylation is 1. The van der Waals surface area contributed by atoms with Crippen molar-refractivity contribution in [3.63, 3.8) is 0 Å². The van der Waals surface area contributed by atoms with E-state index in [0.29, 0.717) is 23.5 Å². The summed E-state index contributed by atoms with van der Waals surface area (Å²) in [6.45, 7) is 1.34. The second-order valence-corrected chi connectivity index (χ2v) is 5.94. The minimum atomic E-state index is -0.285. The number of urea groups is 1. The molecule has 3 aromatic rings. The van der Waals surface area contributed by atoms with E-state index in [9.17, 15) is 9.59 Å². The topological polar surface area (TPSA) is 88.1 Å². The summed E-state index contributed by atoms with van der Waals surface area (Å²) in [6.07, 6.45) is 6.16. The summed E-state index contributed by atoms with van der Waals surface area (Å²) in [6, 6.07) is 15.7. The lowest BCUT2D eigenvalue weighted by Gasteiger charge is -2.10. The fourth-order valence-corrected chi connectivity index (χ4v) is 2.53. The van der Waals surface area contributed by atoms with Gasteiger partial charge in [0.2, 0.25) is 0 Å². The van der Waals surface area contributed by atoms with Crippen LogP contribution in [0, 0.1) is 0 Å². The van der Waals surface area contributed by atoms with Gasteiger partial charge in [0.05, 0.1) is 6.33 Å². The van der Waals surface area contributed by atoms with E-state index in [1.165, 1.54) is 0 Å². The van der Waals surface area contributed by atoms with Crippen LogP contribution in [0.1, 0.15) is 16.8 Å². The number of anilines is 2. The Hall–Kier alpha value is -3.61. The van der Waals surface area contributed by atoms with Crippen LogP contribution in [-0.2, 0) is 6.54 Å². The van der Waals surface area contributed by atoms with Crippen LogP contribution in [0.25, 0.3) is 0 Å². The lowest BCUT2D eigenvalue weighted by molar-refractivity contribution is 0.102. The average molecular weight is 363 g/mol. The molecule has 0 bridgehead atoms. The molecule has 1 heterocycles. The van der Waals surface area contributed by atoms with E-state index in [1.807, 2.05) is 29.0 Å². The average Bonchev–Trinajstić information content (AvgIpc) is 3.20. The Morgan fingerprint density at radius 3 is 2.48 bits per heavy atom. The second-order valence-electron chi connectivity index (χ2n) is 5.94. The number of hydrogen-bond donors (Lipinski definition) is 3. The molecule has 2 aromatic carbocycles. The number of amides is 3. The van der Waals surface area contributed by atoms with E-state index < -0.39 is 0 Å². The highest BCUT2D eigenvalue weighted by atomic mass is 16.2. The first-order chi connectivity index (χ1) is 13.2. The van der Waals surface area contributed by atoms with E-state index in [0.717, 1.165) is 13.0 Å². The Morgan fingerprint density at radius 2 is 1.74 bits per heavy atom. The number of aromatic nitrogens is 2. The van der Waals surface area contributed by atoms with Gasteiger partial charge in [-0.3, -0.25) is 4.79 Å². The maximum Gasteiger partial charge on any atom is 0.319 e. The van der Waals surface area contributed by atoms with E-state index in [1.54, 1.807) is 48.9 Å². The largest absolute Gasteiger partial charge is 0.338 e. The number of hydrogen-bond acceptors (Lipinski definition) is 3. The predicted molar refractivity (Wildman–Crippen MR) is 105 cm³/mol. The van der Waals surface area contributed by atoms with Gasteiger partial charge in [-0.15, -0.1) is 0 Å². The zero-order valence-electron chi connectivity index (χ0n) is 14.8. The molecule has 7 nitrogen and oxygen atoms in total. The third kappa shape index (κ3) is 5.71. The number of rotatable bonds is 7. The van der Waals surface area contributed by atoms with Gasteiger partial charge in [0.25, 0.3) is 5.91 Å².